The van der Waals surface area contributed by atoms with E-state index < -0.39 is 16.1 Å². The van der Waals surface area contributed by atoms with E-state index in [4.69, 9.17) is 16.0 Å². The molecule has 30 heavy (non-hydrogen) atoms. The van der Waals surface area contributed by atoms with Crippen molar-refractivity contribution in [1.29, 1.82) is 0 Å². The predicted octanol–water partition coefficient (Wildman–Crippen LogP) is 4.60. The van der Waals surface area contributed by atoms with Gasteiger partial charge in [-0.15, -0.1) is 10.2 Å². The second-order valence-electron chi connectivity index (χ2n) is 6.66. The number of nitrogens with one attached hydrogen (secondary N) is 1. The lowest BCUT2D eigenvalue weighted by Gasteiger charge is -2.16. The zero-order valence-electron chi connectivity index (χ0n) is 15.8. The third-order valence-corrected chi connectivity index (χ3v) is 5.97. The Bertz CT molecular complexity index is 1210. The highest BCUT2D eigenvalue weighted by Gasteiger charge is 2.27. The molecule has 0 unspecified atom stereocenters. The number of sulfonamides is 1. The first-order valence-corrected chi connectivity index (χ1v) is 11.2. The SMILES string of the molecule is O=S(=O)(Cc1ccccc1)N[C@@H](c1ccc(Cl)cc1)c1nnc(-c2ccccc2)o1. The van der Waals surface area contributed by atoms with Crippen molar-refractivity contribution >= 4 is 21.6 Å². The Hall–Kier alpha value is -3.00. The summed E-state index contributed by atoms with van der Waals surface area (Å²) >= 11 is 6.00. The average molecular weight is 440 g/mol. The van der Waals surface area contributed by atoms with Crippen LogP contribution in [0.2, 0.25) is 5.02 Å². The molecular formula is C22H18ClN3O3S. The Labute approximate surface area is 179 Å². The topological polar surface area (TPSA) is 85.1 Å². The first-order valence-electron chi connectivity index (χ1n) is 9.18. The zero-order valence-corrected chi connectivity index (χ0v) is 17.3. The Balaban J connectivity index is 1.67. The van der Waals surface area contributed by atoms with Gasteiger partial charge in [0.05, 0.1) is 5.75 Å². The molecule has 0 radical (unpaired) electrons. The number of hydrogen-bond donors (Lipinski definition) is 1. The van der Waals surface area contributed by atoms with Crippen molar-refractivity contribution in [3.63, 3.8) is 0 Å². The van der Waals surface area contributed by atoms with Gasteiger partial charge in [0.1, 0.15) is 6.04 Å². The number of halogens is 1. The van der Waals surface area contributed by atoms with E-state index in [1.54, 1.807) is 48.5 Å². The van der Waals surface area contributed by atoms with Gasteiger partial charge in [0.2, 0.25) is 21.8 Å². The van der Waals surface area contributed by atoms with Gasteiger partial charge in [0.25, 0.3) is 0 Å². The Morgan fingerprint density at radius 2 is 1.50 bits per heavy atom. The Kier molecular flexibility index (Phi) is 5.94. The first kappa shape index (κ1) is 20.3. The van der Waals surface area contributed by atoms with Gasteiger partial charge < -0.3 is 4.42 Å². The number of benzene rings is 3. The fourth-order valence-electron chi connectivity index (χ4n) is 2.98. The van der Waals surface area contributed by atoms with E-state index in [9.17, 15) is 8.42 Å². The molecule has 0 bridgehead atoms. The van der Waals surface area contributed by atoms with Crippen LogP contribution in [0.3, 0.4) is 0 Å². The monoisotopic (exact) mass is 439 g/mol. The lowest BCUT2D eigenvalue weighted by Crippen LogP contribution is -2.30. The van der Waals surface area contributed by atoms with Crippen molar-refractivity contribution in [2.24, 2.45) is 0 Å². The van der Waals surface area contributed by atoms with E-state index in [1.807, 2.05) is 36.4 Å². The van der Waals surface area contributed by atoms with Crippen LogP contribution in [0.25, 0.3) is 11.5 Å². The van der Waals surface area contributed by atoms with Crippen molar-refractivity contribution in [2.75, 3.05) is 0 Å². The highest BCUT2D eigenvalue weighted by molar-refractivity contribution is 7.88. The highest BCUT2D eigenvalue weighted by atomic mass is 35.5. The number of nitrogens with zero attached hydrogens (tertiary/aromatic N) is 2. The summed E-state index contributed by atoms with van der Waals surface area (Å²) < 4.78 is 34.3. The van der Waals surface area contributed by atoms with Crippen LogP contribution in [0, 0.1) is 0 Å². The number of aromatic nitrogens is 2. The van der Waals surface area contributed by atoms with Crippen LogP contribution in [0.4, 0.5) is 0 Å². The van der Waals surface area contributed by atoms with Gasteiger partial charge >= 0.3 is 0 Å². The van der Waals surface area contributed by atoms with Gasteiger partial charge in [-0.3, -0.25) is 0 Å². The maximum absolute atomic E-state index is 12.9. The van der Waals surface area contributed by atoms with Crippen LogP contribution in [0.5, 0.6) is 0 Å². The number of rotatable bonds is 7. The minimum Gasteiger partial charge on any atom is -0.419 e. The fourth-order valence-corrected chi connectivity index (χ4v) is 4.42. The summed E-state index contributed by atoms with van der Waals surface area (Å²) in [5.74, 6) is 0.289. The first-order chi connectivity index (χ1) is 14.5. The molecule has 4 rings (SSSR count). The van der Waals surface area contributed by atoms with Crippen LogP contribution in [-0.4, -0.2) is 18.6 Å². The molecule has 0 spiro atoms. The van der Waals surface area contributed by atoms with Gasteiger partial charge in [-0.25, -0.2) is 8.42 Å². The van der Waals surface area contributed by atoms with Crippen molar-refractivity contribution in [3.05, 3.63) is 107 Å². The molecule has 152 valence electrons. The van der Waals surface area contributed by atoms with Gasteiger partial charge in [-0.05, 0) is 35.4 Å². The molecule has 1 atom stereocenters. The third-order valence-electron chi connectivity index (χ3n) is 4.41. The van der Waals surface area contributed by atoms with Crippen molar-refractivity contribution < 1.29 is 12.8 Å². The second-order valence-corrected chi connectivity index (χ2v) is 8.85. The van der Waals surface area contributed by atoms with E-state index in [2.05, 4.69) is 14.9 Å². The molecule has 4 aromatic rings. The lowest BCUT2D eigenvalue weighted by molar-refractivity contribution is 0.464. The van der Waals surface area contributed by atoms with Crippen molar-refractivity contribution in [2.45, 2.75) is 11.8 Å². The molecule has 0 saturated carbocycles. The van der Waals surface area contributed by atoms with Crippen LogP contribution >= 0.6 is 11.6 Å². The van der Waals surface area contributed by atoms with Crippen LogP contribution in [0.1, 0.15) is 23.1 Å². The highest BCUT2D eigenvalue weighted by Crippen LogP contribution is 2.27. The quantitative estimate of drug-likeness (QED) is 0.455. The molecule has 3 aromatic carbocycles. The molecule has 0 aliphatic carbocycles. The molecule has 1 heterocycles. The smallest absolute Gasteiger partial charge is 0.247 e. The van der Waals surface area contributed by atoms with E-state index in [-0.39, 0.29) is 11.6 Å². The molecule has 1 aromatic heterocycles. The maximum atomic E-state index is 12.9. The van der Waals surface area contributed by atoms with Gasteiger partial charge in [-0.2, -0.15) is 4.72 Å². The van der Waals surface area contributed by atoms with E-state index in [1.165, 1.54) is 0 Å². The summed E-state index contributed by atoms with van der Waals surface area (Å²) in [5.41, 5.74) is 2.06. The van der Waals surface area contributed by atoms with Crippen LogP contribution in [0.15, 0.2) is 89.3 Å². The molecule has 0 aliphatic heterocycles. The van der Waals surface area contributed by atoms with E-state index in [0.717, 1.165) is 5.56 Å². The van der Waals surface area contributed by atoms with Crippen molar-refractivity contribution in [3.8, 4) is 11.5 Å². The Morgan fingerprint density at radius 1 is 0.867 bits per heavy atom. The summed E-state index contributed by atoms with van der Waals surface area (Å²) in [6, 6.07) is 24.2. The summed E-state index contributed by atoms with van der Waals surface area (Å²) in [5, 5.41) is 8.73. The molecule has 0 saturated heterocycles. The largest absolute Gasteiger partial charge is 0.419 e. The molecule has 0 fully saturated rings. The summed E-state index contributed by atoms with van der Waals surface area (Å²) in [6.45, 7) is 0. The molecule has 0 amide bonds. The van der Waals surface area contributed by atoms with Crippen LogP contribution < -0.4 is 4.72 Å². The lowest BCUT2D eigenvalue weighted by atomic mass is 10.1. The average Bonchev–Trinajstić information content (AvgIpc) is 3.24. The van der Waals surface area contributed by atoms with Gasteiger partial charge in [-0.1, -0.05) is 72.3 Å². The molecule has 6 nitrogen and oxygen atoms in total. The summed E-state index contributed by atoms with van der Waals surface area (Å²) in [6.07, 6.45) is 0. The van der Waals surface area contributed by atoms with E-state index >= 15 is 0 Å². The van der Waals surface area contributed by atoms with Crippen molar-refractivity contribution in [1.82, 2.24) is 14.9 Å². The standard InChI is InChI=1S/C22H18ClN3O3S/c23-19-13-11-17(12-14-19)20(26-30(27,28)15-16-7-3-1-4-8-16)22-25-24-21(29-22)18-9-5-2-6-10-18/h1-14,20,26H,15H2/t20-/m0/s1. The minimum absolute atomic E-state index is 0.146. The minimum atomic E-state index is -3.71. The van der Waals surface area contributed by atoms with E-state index in [0.29, 0.717) is 22.0 Å². The molecule has 8 heteroatoms. The molecule has 1 N–H and O–H groups in total. The third kappa shape index (κ3) is 4.94. The normalized spacial score (nSPS) is 12.6. The second kappa shape index (κ2) is 8.79. The fraction of sp³-hybridized carbons (Fsp3) is 0.0909. The Morgan fingerprint density at radius 3 is 2.17 bits per heavy atom. The van der Waals surface area contributed by atoms with Gasteiger partial charge in [0.15, 0.2) is 0 Å². The van der Waals surface area contributed by atoms with Gasteiger partial charge in [0, 0.05) is 10.6 Å². The molecule has 0 aliphatic rings. The predicted molar refractivity (Wildman–Crippen MR) is 115 cm³/mol. The molecular weight excluding hydrogens is 422 g/mol. The maximum Gasteiger partial charge on any atom is 0.247 e. The van der Waals surface area contributed by atoms with Crippen LogP contribution in [-0.2, 0) is 15.8 Å². The number of hydrogen-bond acceptors (Lipinski definition) is 5. The summed E-state index contributed by atoms with van der Waals surface area (Å²) in [7, 11) is -3.71. The zero-order chi connectivity index (χ0) is 21.0. The summed E-state index contributed by atoms with van der Waals surface area (Å²) in [4.78, 5) is 0.